The Labute approximate surface area is 57.2 Å². The number of nitrogens with one attached hydrogen (secondary N) is 2. The van der Waals surface area contributed by atoms with E-state index in [1.807, 2.05) is 0 Å². The quantitative estimate of drug-likeness (QED) is 0.516. The van der Waals surface area contributed by atoms with Crippen molar-refractivity contribution in [2.24, 2.45) is 0 Å². The first-order valence-corrected chi connectivity index (χ1v) is 3.28. The molecule has 54 valence electrons. The van der Waals surface area contributed by atoms with Gasteiger partial charge in [0.15, 0.2) is 0 Å². The van der Waals surface area contributed by atoms with E-state index >= 15 is 0 Å². The highest BCUT2D eigenvalue weighted by atomic mass is 16.4. The second-order valence-electron chi connectivity index (χ2n) is 2.34. The van der Waals surface area contributed by atoms with Gasteiger partial charge in [0.05, 0.1) is 12.2 Å². The zero-order chi connectivity index (χ0) is 6.97. The Morgan fingerprint density at radius 1 is 1.50 bits per heavy atom. The Bertz CT molecular complexity index is 260. The molecule has 0 amide bonds. The molecular weight excluding hydrogens is 132 g/mol. The average Bonchev–Trinajstić information content (AvgIpc) is 2.27. The fourth-order valence-corrected chi connectivity index (χ4v) is 1.15. The summed E-state index contributed by atoms with van der Waals surface area (Å²) in [5, 5.41) is 3.10. The fourth-order valence-electron chi connectivity index (χ4n) is 1.15. The molecule has 10 heavy (non-hydrogen) atoms. The van der Waals surface area contributed by atoms with Crippen LogP contribution in [0.1, 0.15) is 11.5 Å². The molecule has 0 aromatic carbocycles. The minimum atomic E-state index is -0.339. The van der Waals surface area contributed by atoms with E-state index in [9.17, 15) is 4.79 Å². The Morgan fingerprint density at radius 2 is 2.40 bits per heavy atom. The predicted molar refractivity (Wildman–Crippen MR) is 34.7 cm³/mol. The van der Waals surface area contributed by atoms with Crippen molar-refractivity contribution < 1.29 is 4.42 Å². The summed E-state index contributed by atoms with van der Waals surface area (Å²) in [6, 6.07) is 0. The van der Waals surface area contributed by atoms with Crippen molar-refractivity contribution in [2.45, 2.75) is 13.0 Å². The molecule has 1 aliphatic heterocycles. The number of H-pyrrole nitrogens is 1. The van der Waals surface area contributed by atoms with E-state index in [4.69, 9.17) is 4.42 Å². The van der Waals surface area contributed by atoms with E-state index in [1.165, 1.54) is 0 Å². The summed E-state index contributed by atoms with van der Waals surface area (Å²) in [5.41, 5.74) is 0.948. The lowest BCUT2D eigenvalue weighted by Crippen LogP contribution is -2.22. The molecule has 0 fully saturated rings. The standard InChI is InChI=1S/C6H8N2O2/c9-6-8-4-1-2-7-3-5(4)10-6/h7H,1-3H2,(H,8,9). The first kappa shape index (κ1) is 5.73. The minimum Gasteiger partial charge on any atom is -0.411 e. The molecule has 0 aliphatic carbocycles. The van der Waals surface area contributed by atoms with Crippen molar-refractivity contribution >= 4 is 0 Å². The first-order chi connectivity index (χ1) is 4.86. The zero-order valence-corrected chi connectivity index (χ0v) is 5.44. The summed E-state index contributed by atoms with van der Waals surface area (Å²) in [5.74, 6) is 0.421. The van der Waals surface area contributed by atoms with Crippen molar-refractivity contribution in [2.75, 3.05) is 6.54 Å². The number of rotatable bonds is 0. The molecule has 0 saturated carbocycles. The van der Waals surface area contributed by atoms with Crippen LogP contribution in [0.4, 0.5) is 0 Å². The third-order valence-corrected chi connectivity index (χ3v) is 1.64. The van der Waals surface area contributed by atoms with Crippen LogP contribution in [-0.4, -0.2) is 11.5 Å². The molecule has 0 atom stereocenters. The van der Waals surface area contributed by atoms with Gasteiger partial charge in [-0.25, -0.2) is 4.79 Å². The van der Waals surface area contributed by atoms with Crippen LogP contribution in [0.15, 0.2) is 9.21 Å². The second kappa shape index (κ2) is 1.98. The summed E-state index contributed by atoms with van der Waals surface area (Å²) in [6.45, 7) is 1.59. The Balaban J connectivity index is 2.50. The van der Waals surface area contributed by atoms with Crippen molar-refractivity contribution in [3.8, 4) is 0 Å². The highest BCUT2D eigenvalue weighted by molar-refractivity contribution is 5.10. The molecule has 0 saturated heterocycles. The van der Waals surface area contributed by atoms with Gasteiger partial charge in [-0.3, -0.25) is 4.98 Å². The molecule has 0 bridgehead atoms. The number of oxazole rings is 1. The molecule has 2 N–H and O–H groups in total. The summed E-state index contributed by atoms with van der Waals surface area (Å²) in [7, 11) is 0. The molecule has 4 heteroatoms. The summed E-state index contributed by atoms with van der Waals surface area (Å²) < 4.78 is 4.83. The monoisotopic (exact) mass is 140 g/mol. The first-order valence-electron chi connectivity index (χ1n) is 3.28. The van der Waals surface area contributed by atoms with Crippen LogP contribution < -0.4 is 11.1 Å². The fraction of sp³-hybridized carbons (Fsp3) is 0.500. The van der Waals surface area contributed by atoms with E-state index in [2.05, 4.69) is 10.3 Å². The van der Waals surface area contributed by atoms with Crippen molar-refractivity contribution in [1.29, 1.82) is 0 Å². The van der Waals surface area contributed by atoms with Crippen LogP contribution in [0.2, 0.25) is 0 Å². The van der Waals surface area contributed by atoms with Crippen molar-refractivity contribution in [1.82, 2.24) is 10.3 Å². The number of hydrogen-bond donors (Lipinski definition) is 2. The number of hydrogen-bond acceptors (Lipinski definition) is 3. The average molecular weight is 140 g/mol. The van der Waals surface area contributed by atoms with E-state index < -0.39 is 0 Å². The predicted octanol–water partition coefficient (Wildman–Crippen LogP) is -0.386. The maximum Gasteiger partial charge on any atom is 0.416 e. The summed E-state index contributed by atoms with van der Waals surface area (Å²) in [4.78, 5) is 13.2. The normalized spacial score (nSPS) is 16.8. The SMILES string of the molecule is O=c1[nH]c2c(o1)CNCC2. The number of fused-ring (bicyclic) bond motifs is 1. The van der Waals surface area contributed by atoms with Crippen LogP contribution in [0.3, 0.4) is 0 Å². The van der Waals surface area contributed by atoms with Crippen LogP contribution in [0.5, 0.6) is 0 Å². The minimum absolute atomic E-state index is 0.339. The third kappa shape index (κ3) is 0.769. The lowest BCUT2D eigenvalue weighted by atomic mass is 10.2. The van der Waals surface area contributed by atoms with Crippen molar-refractivity contribution in [3.63, 3.8) is 0 Å². The molecule has 2 heterocycles. The molecule has 2 rings (SSSR count). The van der Waals surface area contributed by atoms with Gasteiger partial charge in [0, 0.05) is 13.0 Å². The molecule has 4 nitrogen and oxygen atoms in total. The molecule has 0 spiro atoms. The van der Waals surface area contributed by atoms with E-state index in [1.54, 1.807) is 0 Å². The smallest absolute Gasteiger partial charge is 0.411 e. The Kier molecular flexibility index (Phi) is 1.14. The number of aromatic amines is 1. The Hall–Kier alpha value is -1.03. The van der Waals surface area contributed by atoms with Gasteiger partial charge in [0.1, 0.15) is 5.76 Å². The van der Waals surface area contributed by atoms with Gasteiger partial charge >= 0.3 is 5.76 Å². The highest BCUT2D eigenvalue weighted by Gasteiger charge is 2.12. The molecule has 1 aromatic rings. The third-order valence-electron chi connectivity index (χ3n) is 1.64. The van der Waals surface area contributed by atoms with Gasteiger partial charge < -0.3 is 9.73 Å². The van der Waals surface area contributed by atoms with E-state index in [-0.39, 0.29) is 5.76 Å². The molecule has 0 unspecified atom stereocenters. The largest absolute Gasteiger partial charge is 0.416 e. The summed E-state index contributed by atoms with van der Waals surface area (Å²) >= 11 is 0. The van der Waals surface area contributed by atoms with Crippen LogP contribution in [0.25, 0.3) is 0 Å². The lowest BCUT2D eigenvalue weighted by molar-refractivity contribution is 0.438. The van der Waals surface area contributed by atoms with Crippen LogP contribution >= 0.6 is 0 Å². The second-order valence-corrected chi connectivity index (χ2v) is 2.34. The van der Waals surface area contributed by atoms with Gasteiger partial charge in [-0.2, -0.15) is 0 Å². The van der Waals surface area contributed by atoms with Gasteiger partial charge in [-0.05, 0) is 0 Å². The zero-order valence-electron chi connectivity index (χ0n) is 5.44. The van der Waals surface area contributed by atoms with Gasteiger partial charge in [-0.15, -0.1) is 0 Å². The van der Waals surface area contributed by atoms with Gasteiger partial charge in [0.2, 0.25) is 0 Å². The Morgan fingerprint density at radius 3 is 3.20 bits per heavy atom. The topological polar surface area (TPSA) is 58.0 Å². The molecule has 0 radical (unpaired) electrons. The molecule has 1 aliphatic rings. The van der Waals surface area contributed by atoms with Gasteiger partial charge in [0.25, 0.3) is 0 Å². The van der Waals surface area contributed by atoms with Crippen molar-refractivity contribution in [3.05, 3.63) is 22.0 Å². The van der Waals surface area contributed by atoms with Crippen LogP contribution in [-0.2, 0) is 13.0 Å². The molecule has 1 aromatic heterocycles. The highest BCUT2D eigenvalue weighted by Crippen LogP contribution is 2.07. The maximum absolute atomic E-state index is 10.6. The maximum atomic E-state index is 10.6. The lowest BCUT2D eigenvalue weighted by Gasteiger charge is -2.08. The van der Waals surface area contributed by atoms with E-state index in [0.717, 1.165) is 24.4 Å². The number of aromatic nitrogens is 1. The molecular formula is C6H8N2O2. The van der Waals surface area contributed by atoms with E-state index in [0.29, 0.717) is 6.54 Å². The van der Waals surface area contributed by atoms with Crippen LogP contribution in [0, 0.1) is 0 Å². The summed E-state index contributed by atoms with van der Waals surface area (Å²) in [6.07, 6.45) is 0.862. The van der Waals surface area contributed by atoms with Gasteiger partial charge in [-0.1, -0.05) is 0 Å².